The second-order valence-electron chi connectivity index (χ2n) is 2.49. The molecule has 4 heteroatoms. The molecule has 1 unspecified atom stereocenters. The first kappa shape index (κ1) is 8.71. The normalized spacial score (nSPS) is 24.6. The topological polar surface area (TPSA) is 23.5 Å². The fourth-order valence-corrected chi connectivity index (χ4v) is 3.00. The molecule has 0 aromatic carbocycles. The van der Waals surface area contributed by atoms with Crippen LogP contribution in [0.1, 0.15) is 6.92 Å². The van der Waals surface area contributed by atoms with Gasteiger partial charge in [-0.15, -0.1) is 23.5 Å². The number of aliphatic hydroxyl groups excluding tert-OH is 1. The van der Waals surface area contributed by atoms with E-state index in [0.717, 1.165) is 18.3 Å². The first-order chi connectivity index (χ1) is 4.79. The zero-order valence-corrected chi connectivity index (χ0v) is 7.75. The predicted molar refractivity (Wildman–Crippen MR) is 48.2 cm³/mol. The van der Waals surface area contributed by atoms with Gasteiger partial charge in [0.25, 0.3) is 0 Å². The number of hydrogen-bond acceptors (Lipinski definition) is 4. The third-order valence-corrected chi connectivity index (χ3v) is 3.67. The van der Waals surface area contributed by atoms with Crippen LogP contribution in [0, 0.1) is 0 Å². The summed E-state index contributed by atoms with van der Waals surface area (Å²) < 4.78 is 0. The minimum atomic E-state index is -0.181. The summed E-state index contributed by atoms with van der Waals surface area (Å²) in [7, 11) is 0. The van der Waals surface area contributed by atoms with Crippen molar-refractivity contribution in [2.45, 2.75) is 13.0 Å². The molecule has 0 saturated carbocycles. The van der Waals surface area contributed by atoms with Crippen LogP contribution < -0.4 is 0 Å². The van der Waals surface area contributed by atoms with Gasteiger partial charge < -0.3 is 5.11 Å². The highest BCUT2D eigenvalue weighted by Crippen LogP contribution is 2.21. The van der Waals surface area contributed by atoms with E-state index >= 15 is 0 Å². The summed E-state index contributed by atoms with van der Waals surface area (Å²) in [6.07, 6.45) is -0.181. The third kappa shape index (κ3) is 3.14. The lowest BCUT2D eigenvalue weighted by atomic mass is 10.4. The zero-order chi connectivity index (χ0) is 7.40. The molecule has 0 bridgehead atoms. The number of aliphatic hydroxyl groups is 1. The van der Waals surface area contributed by atoms with E-state index in [1.807, 2.05) is 30.4 Å². The molecule has 0 amide bonds. The van der Waals surface area contributed by atoms with Gasteiger partial charge in [-0.05, 0) is 6.92 Å². The van der Waals surface area contributed by atoms with Crippen LogP contribution in [-0.4, -0.2) is 39.5 Å². The Balaban J connectivity index is 2.13. The molecule has 0 radical (unpaired) electrons. The van der Waals surface area contributed by atoms with E-state index in [1.54, 1.807) is 0 Å². The van der Waals surface area contributed by atoms with Gasteiger partial charge in [0.15, 0.2) is 0 Å². The largest absolute Gasteiger partial charge is 0.392 e. The predicted octanol–water partition coefficient (Wildman–Crippen LogP) is 1.02. The molecule has 2 nitrogen and oxygen atoms in total. The van der Waals surface area contributed by atoms with Crippen LogP contribution in [0.2, 0.25) is 0 Å². The van der Waals surface area contributed by atoms with Crippen molar-refractivity contribution < 1.29 is 5.11 Å². The van der Waals surface area contributed by atoms with E-state index in [4.69, 9.17) is 5.11 Å². The quantitative estimate of drug-likeness (QED) is 0.684. The van der Waals surface area contributed by atoms with Crippen molar-refractivity contribution in [1.82, 2.24) is 4.90 Å². The average molecular weight is 179 g/mol. The second-order valence-corrected chi connectivity index (χ2v) is 4.76. The van der Waals surface area contributed by atoms with E-state index in [-0.39, 0.29) is 6.10 Å². The van der Waals surface area contributed by atoms with Crippen molar-refractivity contribution in [3.05, 3.63) is 0 Å². The Hall–Kier alpha value is 0.620. The molecule has 1 aliphatic heterocycles. The Bertz CT molecular complexity index is 93.7. The Morgan fingerprint density at radius 2 is 2.10 bits per heavy atom. The molecular formula is C6H13NOS2. The highest BCUT2D eigenvalue weighted by atomic mass is 32.2. The van der Waals surface area contributed by atoms with Gasteiger partial charge in [-0.25, -0.2) is 0 Å². The molecular weight excluding hydrogens is 166 g/mol. The van der Waals surface area contributed by atoms with Gasteiger partial charge in [0.05, 0.1) is 6.10 Å². The van der Waals surface area contributed by atoms with Crippen LogP contribution in [0.4, 0.5) is 0 Å². The van der Waals surface area contributed by atoms with Crippen molar-refractivity contribution in [1.29, 1.82) is 0 Å². The lowest BCUT2D eigenvalue weighted by molar-refractivity contribution is 0.148. The summed E-state index contributed by atoms with van der Waals surface area (Å²) in [5, 5.41) is 10.2. The van der Waals surface area contributed by atoms with Gasteiger partial charge >= 0.3 is 0 Å². The smallest absolute Gasteiger partial charge is 0.0639 e. The summed E-state index contributed by atoms with van der Waals surface area (Å²) in [4.78, 5) is 2.27. The number of hydrogen-bond donors (Lipinski definition) is 1. The molecule has 1 atom stereocenters. The fraction of sp³-hybridized carbons (Fsp3) is 1.00. The van der Waals surface area contributed by atoms with Gasteiger partial charge in [-0.2, -0.15) is 0 Å². The number of β-amino-alcohol motifs (C(OH)–C–C–N with tert-alkyl or cyclic N) is 1. The summed E-state index contributed by atoms with van der Waals surface area (Å²) in [5.41, 5.74) is 0. The Labute approximate surface area is 70.4 Å². The molecule has 0 aliphatic carbocycles. The fourth-order valence-electron chi connectivity index (χ4n) is 0.908. The minimum Gasteiger partial charge on any atom is -0.392 e. The highest BCUT2D eigenvalue weighted by molar-refractivity contribution is 8.16. The first-order valence-electron chi connectivity index (χ1n) is 3.35. The van der Waals surface area contributed by atoms with Crippen LogP contribution in [0.15, 0.2) is 0 Å². The van der Waals surface area contributed by atoms with Crippen molar-refractivity contribution in [3.8, 4) is 0 Å². The molecule has 0 aromatic heterocycles. The summed E-state index contributed by atoms with van der Waals surface area (Å²) >= 11 is 3.85. The third-order valence-electron chi connectivity index (χ3n) is 1.24. The molecule has 1 N–H and O–H groups in total. The Morgan fingerprint density at radius 3 is 2.60 bits per heavy atom. The van der Waals surface area contributed by atoms with Gasteiger partial charge in [0, 0.05) is 23.4 Å². The van der Waals surface area contributed by atoms with Crippen LogP contribution >= 0.6 is 23.5 Å². The van der Waals surface area contributed by atoms with Crippen molar-refractivity contribution in [2.75, 3.05) is 23.4 Å². The van der Waals surface area contributed by atoms with Crippen molar-refractivity contribution in [3.63, 3.8) is 0 Å². The van der Waals surface area contributed by atoms with Crippen LogP contribution in [-0.2, 0) is 0 Å². The highest BCUT2D eigenvalue weighted by Gasteiger charge is 2.11. The monoisotopic (exact) mass is 179 g/mol. The SMILES string of the molecule is CC(O)CN1CSCSC1. The maximum atomic E-state index is 9.04. The van der Waals surface area contributed by atoms with Gasteiger partial charge in [0.1, 0.15) is 0 Å². The molecule has 1 heterocycles. The van der Waals surface area contributed by atoms with Gasteiger partial charge in [-0.1, -0.05) is 0 Å². The molecule has 60 valence electrons. The summed E-state index contributed by atoms with van der Waals surface area (Å²) in [6.45, 7) is 2.66. The van der Waals surface area contributed by atoms with E-state index in [1.165, 1.54) is 5.08 Å². The molecule has 1 rings (SSSR count). The minimum absolute atomic E-state index is 0.181. The van der Waals surface area contributed by atoms with Crippen LogP contribution in [0.3, 0.4) is 0 Å². The molecule has 1 aliphatic rings. The average Bonchev–Trinajstić information content (AvgIpc) is 1.88. The Kier molecular flexibility index (Phi) is 3.91. The second kappa shape index (κ2) is 4.49. The van der Waals surface area contributed by atoms with Gasteiger partial charge in [-0.3, -0.25) is 4.90 Å². The summed E-state index contributed by atoms with van der Waals surface area (Å²) in [5.74, 6) is 2.16. The zero-order valence-electron chi connectivity index (χ0n) is 6.12. The Morgan fingerprint density at radius 1 is 1.50 bits per heavy atom. The van der Waals surface area contributed by atoms with E-state index in [2.05, 4.69) is 4.90 Å². The number of nitrogens with zero attached hydrogens (tertiary/aromatic N) is 1. The molecule has 1 saturated heterocycles. The maximum absolute atomic E-state index is 9.04. The van der Waals surface area contributed by atoms with Crippen LogP contribution in [0.25, 0.3) is 0 Å². The van der Waals surface area contributed by atoms with E-state index in [0.29, 0.717) is 0 Å². The lowest BCUT2D eigenvalue weighted by Gasteiger charge is -2.26. The van der Waals surface area contributed by atoms with Crippen molar-refractivity contribution in [2.24, 2.45) is 0 Å². The molecule has 10 heavy (non-hydrogen) atoms. The van der Waals surface area contributed by atoms with E-state index < -0.39 is 0 Å². The molecule has 1 fully saturated rings. The lowest BCUT2D eigenvalue weighted by Crippen LogP contribution is -2.32. The molecule has 0 aromatic rings. The van der Waals surface area contributed by atoms with E-state index in [9.17, 15) is 0 Å². The number of thioether (sulfide) groups is 2. The summed E-state index contributed by atoms with van der Waals surface area (Å²) in [6, 6.07) is 0. The standard InChI is InChI=1S/C6H13NOS2/c1-6(8)2-7-3-9-5-10-4-7/h6,8H,2-5H2,1H3. The van der Waals surface area contributed by atoms with Crippen molar-refractivity contribution >= 4 is 23.5 Å². The first-order valence-corrected chi connectivity index (χ1v) is 5.66. The number of rotatable bonds is 2. The molecule has 0 spiro atoms. The van der Waals surface area contributed by atoms with Gasteiger partial charge in [0.2, 0.25) is 0 Å². The maximum Gasteiger partial charge on any atom is 0.0639 e. The van der Waals surface area contributed by atoms with Crippen LogP contribution in [0.5, 0.6) is 0 Å².